The number of carbonyl (C=O) groups excluding carboxylic acids is 2. The van der Waals surface area contributed by atoms with E-state index in [2.05, 4.69) is 9.71 Å². The van der Waals surface area contributed by atoms with Gasteiger partial charge in [-0.15, -0.1) is 0 Å². The minimum Gasteiger partial charge on any atom is -0.383 e. The number of aliphatic imine (C=N–C) groups is 1. The van der Waals surface area contributed by atoms with Crippen LogP contribution in [0.3, 0.4) is 0 Å². The predicted octanol–water partition coefficient (Wildman–Crippen LogP) is 1.93. The summed E-state index contributed by atoms with van der Waals surface area (Å²) in [6, 6.07) is 18.4. The van der Waals surface area contributed by atoms with E-state index in [0.717, 1.165) is 43.3 Å². The molecular formula is C27H31N5O4S. The molecule has 5 N–H and O–H groups in total. The van der Waals surface area contributed by atoms with Crippen molar-refractivity contribution < 1.29 is 18.0 Å². The number of amides is 2. The smallest absolute Gasteiger partial charge is 0.262 e. The van der Waals surface area contributed by atoms with Gasteiger partial charge in [0.05, 0.1) is 17.5 Å². The first-order chi connectivity index (χ1) is 17.7. The first-order valence-corrected chi connectivity index (χ1v) is 13.7. The molecule has 37 heavy (non-hydrogen) atoms. The highest BCUT2D eigenvalue weighted by molar-refractivity contribution is 7.89. The number of fused-ring (bicyclic) bond motifs is 1. The lowest BCUT2D eigenvalue weighted by molar-refractivity contribution is -0.133. The van der Waals surface area contributed by atoms with Gasteiger partial charge in [0.25, 0.3) is 5.91 Å². The minimum atomic E-state index is -3.94. The second-order valence-electron chi connectivity index (χ2n) is 9.09. The quantitative estimate of drug-likeness (QED) is 0.305. The van der Waals surface area contributed by atoms with Crippen molar-refractivity contribution in [1.29, 1.82) is 0 Å². The molecule has 1 atom stereocenters. The fourth-order valence-corrected chi connectivity index (χ4v) is 5.61. The van der Waals surface area contributed by atoms with Crippen LogP contribution in [0.5, 0.6) is 0 Å². The number of carbonyl (C=O) groups is 2. The van der Waals surface area contributed by atoms with Gasteiger partial charge in [0.15, 0.2) is 0 Å². The number of likely N-dealkylation sites (tertiary alicyclic amines) is 1. The van der Waals surface area contributed by atoms with Gasteiger partial charge in [-0.3, -0.25) is 9.59 Å². The Balaban J connectivity index is 1.35. The molecule has 1 fully saturated rings. The van der Waals surface area contributed by atoms with Crippen LogP contribution in [0, 0.1) is 0 Å². The van der Waals surface area contributed by atoms with Gasteiger partial charge in [-0.25, -0.2) is 13.1 Å². The Morgan fingerprint density at radius 3 is 2.35 bits per heavy atom. The molecule has 0 spiro atoms. The monoisotopic (exact) mass is 521 g/mol. The minimum absolute atomic E-state index is 0.0328. The normalized spacial score (nSPS) is 15.5. The van der Waals surface area contributed by atoms with Crippen molar-refractivity contribution in [3.05, 3.63) is 77.9 Å². The van der Waals surface area contributed by atoms with Gasteiger partial charge in [0.1, 0.15) is 5.84 Å². The highest BCUT2D eigenvalue weighted by atomic mass is 32.2. The summed E-state index contributed by atoms with van der Waals surface area (Å²) in [6.45, 7) is 0.979. The second-order valence-corrected chi connectivity index (χ2v) is 10.8. The van der Waals surface area contributed by atoms with Crippen molar-refractivity contribution in [3.63, 3.8) is 0 Å². The SMILES string of the molecule is NC(=NC(=O)CNS(=O)(=O)c1cccc2ccccc12)c1ccc(CC(N)C(=O)N2CCCCC2)cc1. The molecule has 1 aliphatic heterocycles. The number of hydrogen-bond acceptors (Lipinski definition) is 5. The average Bonchev–Trinajstić information content (AvgIpc) is 2.92. The molecular weight excluding hydrogens is 490 g/mol. The maximum absolute atomic E-state index is 12.8. The summed E-state index contributed by atoms with van der Waals surface area (Å²) in [7, 11) is -3.94. The second kappa shape index (κ2) is 11.6. The third-order valence-corrected chi connectivity index (χ3v) is 7.85. The fourth-order valence-electron chi connectivity index (χ4n) is 4.40. The van der Waals surface area contributed by atoms with Crippen LogP contribution in [0.4, 0.5) is 0 Å². The van der Waals surface area contributed by atoms with Crippen LogP contribution >= 0.6 is 0 Å². The van der Waals surface area contributed by atoms with E-state index in [0.29, 0.717) is 17.4 Å². The fraction of sp³-hybridized carbons (Fsp3) is 0.296. The Labute approximate surface area is 216 Å². The van der Waals surface area contributed by atoms with Gasteiger partial charge in [-0.05, 0) is 42.7 Å². The summed E-state index contributed by atoms with van der Waals surface area (Å²) < 4.78 is 27.9. The van der Waals surface area contributed by atoms with Gasteiger partial charge >= 0.3 is 0 Å². The van der Waals surface area contributed by atoms with Crippen molar-refractivity contribution in [2.24, 2.45) is 16.5 Å². The molecule has 0 aromatic heterocycles. The number of nitrogens with two attached hydrogens (primary N) is 2. The Kier molecular flexibility index (Phi) is 8.32. The van der Waals surface area contributed by atoms with Crippen molar-refractivity contribution in [2.75, 3.05) is 19.6 Å². The average molecular weight is 522 g/mol. The van der Waals surface area contributed by atoms with Gasteiger partial charge < -0.3 is 16.4 Å². The molecule has 0 bridgehead atoms. The van der Waals surface area contributed by atoms with Crippen LogP contribution in [-0.4, -0.2) is 56.6 Å². The van der Waals surface area contributed by atoms with E-state index >= 15 is 0 Å². The molecule has 10 heteroatoms. The molecule has 0 aliphatic carbocycles. The lowest BCUT2D eigenvalue weighted by Crippen LogP contribution is -2.46. The van der Waals surface area contributed by atoms with Crippen molar-refractivity contribution in [1.82, 2.24) is 9.62 Å². The zero-order valence-electron chi connectivity index (χ0n) is 20.5. The Morgan fingerprint density at radius 1 is 0.946 bits per heavy atom. The van der Waals surface area contributed by atoms with Crippen LogP contribution in [0.1, 0.15) is 30.4 Å². The summed E-state index contributed by atoms with van der Waals surface area (Å²) >= 11 is 0. The molecule has 1 unspecified atom stereocenters. The molecule has 9 nitrogen and oxygen atoms in total. The molecule has 0 radical (unpaired) electrons. The van der Waals surface area contributed by atoms with Gasteiger partial charge in [0, 0.05) is 24.0 Å². The van der Waals surface area contributed by atoms with Crippen LogP contribution < -0.4 is 16.2 Å². The van der Waals surface area contributed by atoms with Gasteiger partial charge in [0.2, 0.25) is 15.9 Å². The molecule has 3 aromatic rings. The summed E-state index contributed by atoms with van der Waals surface area (Å²) in [5.41, 5.74) is 13.5. The van der Waals surface area contributed by atoms with Crippen LogP contribution in [0.2, 0.25) is 0 Å². The van der Waals surface area contributed by atoms with E-state index in [1.807, 2.05) is 23.1 Å². The Bertz CT molecular complexity index is 1410. The number of nitrogens with zero attached hydrogens (tertiary/aromatic N) is 2. The van der Waals surface area contributed by atoms with Crippen LogP contribution in [0.25, 0.3) is 10.8 Å². The summed E-state index contributed by atoms with van der Waals surface area (Å²) in [6.07, 6.45) is 3.55. The number of amidine groups is 1. The molecule has 4 rings (SSSR count). The maximum Gasteiger partial charge on any atom is 0.262 e. The molecule has 194 valence electrons. The number of sulfonamides is 1. The molecule has 1 aliphatic rings. The number of nitrogens with one attached hydrogen (secondary N) is 1. The maximum atomic E-state index is 12.8. The number of hydrogen-bond donors (Lipinski definition) is 3. The zero-order valence-corrected chi connectivity index (χ0v) is 21.3. The predicted molar refractivity (Wildman–Crippen MR) is 143 cm³/mol. The van der Waals surface area contributed by atoms with Gasteiger partial charge in [-0.1, -0.05) is 60.7 Å². The summed E-state index contributed by atoms with van der Waals surface area (Å²) in [5, 5.41) is 1.34. The third kappa shape index (κ3) is 6.59. The van der Waals surface area contributed by atoms with E-state index in [-0.39, 0.29) is 16.6 Å². The third-order valence-electron chi connectivity index (χ3n) is 6.39. The molecule has 1 saturated heterocycles. The Morgan fingerprint density at radius 2 is 1.62 bits per heavy atom. The lowest BCUT2D eigenvalue weighted by Gasteiger charge is -2.29. The van der Waals surface area contributed by atoms with E-state index in [1.165, 1.54) is 6.07 Å². The van der Waals surface area contributed by atoms with Crippen LogP contribution in [-0.2, 0) is 26.0 Å². The number of piperidine rings is 1. The first kappa shape index (κ1) is 26.5. The highest BCUT2D eigenvalue weighted by Crippen LogP contribution is 2.22. The van der Waals surface area contributed by atoms with E-state index in [4.69, 9.17) is 11.5 Å². The van der Waals surface area contributed by atoms with E-state index in [1.54, 1.807) is 42.5 Å². The van der Waals surface area contributed by atoms with Gasteiger partial charge in [-0.2, -0.15) is 4.99 Å². The first-order valence-electron chi connectivity index (χ1n) is 12.2. The van der Waals surface area contributed by atoms with E-state index < -0.39 is 28.5 Å². The standard InChI is InChI=1S/C27H31N5O4S/c28-23(27(34)32-15-4-1-5-16-32)17-19-11-13-21(14-12-19)26(29)31-25(33)18-30-37(35,36)24-10-6-8-20-7-2-3-9-22(20)24/h2-3,6-14,23,30H,1,4-5,15-18,28H2,(H2,29,31,33). The summed E-state index contributed by atoms with van der Waals surface area (Å²) in [4.78, 5) is 30.7. The van der Waals surface area contributed by atoms with Crippen molar-refractivity contribution in [3.8, 4) is 0 Å². The summed E-state index contributed by atoms with van der Waals surface area (Å²) in [5.74, 6) is -0.796. The number of benzene rings is 3. The topological polar surface area (TPSA) is 148 Å². The molecule has 1 heterocycles. The number of rotatable bonds is 8. The van der Waals surface area contributed by atoms with Crippen LogP contribution in [0.15, 0.2) is 76.6 Å². The van der Waals surface area contributed by atoms with Crippen molar-refractivity contribution >= 4 is 38.4 Å². The molecule has 3 aromatic carbocycles. The van der Waals surface area contributed by atoms with Crippen molar-refractivity contribution in [2.45, 2.75) is 36.6 Å². The highest BCUT2D eigenvalue weighted by Gasteiger charge is 2.23. The molecule has 2 amide bonds. The molecule has 0 saturated carbocycles. The largest absolute Gasteiger partial charge is 0.383 e. The lowest BCUT2D eigenvalue weighted by atomic mass is 10.0. The Hall–Kier alpha value is -3.60. The zero-order chi connectivity index (χ0) is 26.4. The van der Waals surface area contributed by atoms with E-state index in [9.17, 15) is 18.0 Å².